The molecule has 1 aromatic heterocycles. The molecule has 0 aliphatic rings. The molecule has 0 aliphatic heterocycles. The van der Waals surface area contributed by atoms with Gasteiger partial charge in [-0.3, -0.25) is 14.2 Å². The van der Waals surface area contributed by atoms with Crippen LogP contribution in [0, 0.1) is 0 Å². The number of aromatic nitrogens is 2. The van der Waals surface area contributed by atoms with E-state index in [0.29, 0.717) is 27.3 Å². The van der Waals surface area contributed by atoms with E-state index in [1.165, 1.54) is 40.5 Å². The summed E-state index contributed by atoms with van der Waals surface area (Å²) in [7, 11) is 4.63. The molecule has 0 saturated carbocycles. The predicted octanol–water partition coefficient (Wildman–Crippen LogP) is 2.35. The third-order valence-corrected chi connectivity index (χ3v) is 5.02. The third kappa shape index (κ3) is 3.91. The maximum atomic E-state index is 13.2. The highest BCUT2D eigenvalue weighted by molar-refractivity contribution is 7.99. The minimum atomic E-state index is -0.507. The number of para-hydroxylation sites is 1. The second-order valence-corrected chi connectivity index (χ2v) is 7.11. The van der Waals surface area contributed by atoms with Crippen molar-refractivity contribution in [2.24, 2.45) is 0 Å². The number of nitrogens with zero attached hydrogens (tertiary/aromatic N) is 3. The van der Waals surface area contributed by atoms with E-state index in [4.69, 9.17) is 4.74 Å². The van der Waals surface area contributed by atoms with Crippen molar-refractivity contribution in [1.29, 1.82) is 0 Å². The average molecular weight is 397 g/mol. The molecule has 0 bridgehead atoms. The number of esters is 1. The topological polar surface area (TPSA) is 81.5 Å². The smallest absolute Gasteiger partial charge is 0.337 e. The number of hydrogen-bond acceptors (Lipinski definition) is 6. The van der Waals surface area contributed by atoms with Crippen LogP contribution in [0.5, 0.6) is 0 Å². The van der Waals surface area contributed by atoms with Crippen molar-refractivity contribution in [2.45, 2.75) is 5.16 Å². The number of carbonyl (C=O) groups is 2. The lowest BCUT2D eigenvalue weighted by molar-refractivity contribution is -0.125. The molecule has 0 radical (unpaired) electrons. The second-order valence-electron chi connectivity index (χ2n) is 6.17. The number of thioether (sulfide) groups is 1. The van der Waals surface area contributed by atoms with Crippen molar-refractivity contribution < 1.29 is 14.3 Å². The molecule has 0 atom stereocenters. The summed E-state index contributed by atoms with van der Waals surface area (Å²) in [5.74, 6) is -0.468. The standard InChI is InChI=1S/C20H19N3O4S/c1-22(2)17(24)12-28-20-21-16-11-13(19(26)27-3)9-10-15(16)18(25)23(20)14-7-5-4-6-8-14/h4-11H,12H2,1-3H3. The molecule has 28 heavy (non-hydrogen) atoms. The van der Waals surface area contributed by atoms with Crippen molar-refractivity contribution >= 4 is 34.5 Å². The van der Waals surface area contributed by atoms with Gasteiger partial charge in [-0.15, -0.1) is 0 Å². The summed E-state index contributed by atoms with van der Waals surface area (Å²) in [6, 6.07) is 13.7. The van der Waals surface area contributed by atoms with Gasteiger partial charge in [0.1, 0.15) is 0 Å². The number of rotatable bonds is 5. The van der Waals surface area contributed by atoms with Crippen molar-refractivity contribution in [3.63, 3.8) is 0 Å². The number of amides is 1. The van der Waals surface area contributed by atoms with Gasteiger partial charge in [0.05, 0.1) is 35.0 Å². The SMILES string of the molecule is COC(=O)c1ccc2c(=O)n(-c3ccccc3)c(SCC(=O)N(C)C)nc2c1. The first-order chi connectivity index (χ1) is 13.4. The van der Waals surface area contributed by atoms with E-state index in [-0.39, 0.29) is 17.2 Å². The first-order valence-corrected chi connectivity index (χ1v) is 9.44. The average Bonchev–Trinajstić information content (AvgIpc) is 2.71. The van der Waals surface area contributed by atoms with Crippen LogP contribution in [0.1, 0.15) is 10.4 Å². The van der Waals surface area contributed by atoms with Crippen LogP contribution < -0.4 is 5.56 Å². The molecule has 0 aliphatic carbocycles. The summed E-state index contributed by atoms with van der Waals surface area (Å²) in [4.78, 5) is 43.1. The van der Waals surface area contributed by atoms with Crippen LogP contribution >= 0.6 is 11.8 Å². The molecule has 1 heterocycles. The minimum Gasteiger partial charge on any atom is -0.465 e. The molecule has 1 amide bonds. The quantitative estimate of drug-likeness (QED) is 0.373. The Labute approximate surface area is 165 Å². The van der Waals surface area contributed by atoms with Crippen LogP contribution in [0.4, 0.5) is 0 Å². The van der Waals surface area contributed by atoms with Crippen LogP contribution in [-0.2, 0) is 9.53 Å². The van der Waals surface area contributed by atoms with E-state index in [0.717, 1.165) is 0 Å². The fourth-order valence-corrected chi connectivity index (χ4v) is 3.56. The minimum absolute atomic E-state index is 0.0951. The number of fused-ring (bicyclic) bond motifs is 1. The summed E-state index contributed by atoms with van der Waals surface area (Å²) >= 11 is 1.17. The Morgan fingerprint density at radius 1 is 1.14 bits per heavy atom. The molecular weight excluding hydrogens is 378 g/mol. The molecule has 0 saturated heterocycles. The van der Waals surface area contributed by atoms with Gasteiger partial charge in [0, 0.05) is 14.1 Å². The molecule has 0 spiro atoms. The lowest BCUT2D eigenvalue weighted by Crippen LogP contribution is -2.25. The van der Waals surface area contributed by atoms with Gasteiger partial charge < -0.3 is 9.64 Å². The predicted molar refractivity (Wildman–Crippen MR) is 108 cm³/mol. The Bertz CT molecular complexity index is 1090. The van der Waals surface area contributed by atoms with Crippen LogP contribution in [-0.4, -0.2) is 53.3 Å². The van der Waals surface area contributed by atoms with Crippen LogP contribution in [0.25, 0.3) is 16.6 Å². The van der Waals surface area contributed by atoms with Crippen molar-refractivity contribution in [2.75, 3.05) is 27.0 Å². The normalized spacial score (nSPS) is 10.7. The first-order valence-electron chi connectivity index (χ1n) is 8.46. The van der Waals surface area contributed by atoms with Gasteiger partial charge in [-0.2, -0.15) is 0 Å². The lowest BCUT2D eigenvalue weighted by Gasteiger charge is -2.14. The summed E-state index contributed by atoms with van der Waals surface area (Å²) in [6.45, 7) is 0. The largest absolute Gasteiger partial charge is 0.465 e. The van der Waals surface area contributed by atoms with Gasteiger partial charge in [0.25, 0.3) is 5.56 Å². The maximum Gasteiger partial charge on any atom is 0.337 e. The number of ether oxygens (including phenoxy) is 1. The van der Waals surface area contributed by atoms with Crippen LogP contribution in [0.15, 0.2) is 58.5 Å². The van der Waals surface area contributed by atoms with Gasteiger partial charge in [-0.25, -0.2) is 9.78 Å². The number of methoxy groups -OCH3 is 1. The molecule has 0 unspecified atom stereocenters. The summed E-state index contributed by atoms with van der Waals surface area (Å²) in [6.07, 6.45) is 0. The number of benzene rings is 2. The third-order valence-electron chi connectivity index (χ3n) is 4.10. The number of carbonyl (C=O) groups excluding carboxylic acids is 2. The Morgan fingerprint density at radius 3 is 2.50 bits per heavy atom. The lowest BCUT2D eigenvalue weighted by atomic mass is 10.1. The first kappa shape index (κ1) is 19.6. The van der Waals surface area contributed by atoms with Gasteiger partial charge in [-0.05, 0) is 30.3 Å². The van der Waals surface area contributed by atoms with E-state index >= 15 is 0 Å². The molecule has 3 rings (SSSR count). The molecule has 8 heteroatoms. The Balaban J connectivity index is 2.18. The molecule has 0 fully saturated rings. The fourth-order valence-electron chi connectivity index (χ4n) is 2.57. The monoisotopic (exact) mass is 397 g/mol. The van der Waals surface area contributed by atoms with E-state index in [9.17, 15) is 14.4 Å². The molecule has 3 aromatic rings. The number of hydrogen-bond donors (Lipinski definition) is 0. The zero-order valence-corrected chi connectivity index (χ0v) is 16.5. The molecule has 7 nitrogen and oxygen atoms in total. The summed E-state index contributed by atoms with van der Waals surface area (Å²) in [5.41, 5.74) is 1.06. The van der Waals surface area contributed by atoms with Crippen LogP contribution in [0.3, 0.4) is 0 Å². The molecule has 144 valence electrons. The van der Waals surface area contributed by atoms with Crippen LogP contribution in [0.2, 0.25) is 0 Å². The molecule has 2 aromatic carbocycles. The zero-order valence-electron chi connectivity index (χ0n) is 15.7. The fraction of sp³-hybridized carbons (Fsp3) is 0.200. The van der Waals surface area contributed by atoms with E-state index in [1.807, 2.05) is 18.2 Å². The van der Waals surface area contributed by atoms with Gasteiger partial charge in [0.15, 0.2) is 5.16 Å². The van der Waals surface area contributed by atoms with Crippen molar-refractivity contribution in [1.82, 2.24) is 14.5 Å². The summed E-state index contributed by atoms with van der Waals surface area (Å²) < 4.78 is 6.22. The second kappa shape index (κ2) is 8.26. The van der Waals surface area contributed by atoms with E-state index in [2.05, 4.69) is 4.98 Å². The zero-order chi connectivity index (χ0) is 20.3. The highest BCUT2D eigenvalue weighted by Gasteiger charge is 2.17. The van der Waals surface area contributed by atoms with Gasteiger partial charge in [-0.1, -0.05) is 30.0 Å². The Kier molecular flexibility index (Phi) is 5.79. The summed E-state index contributed by atoms with van der Waals surface area (Å²) in [5, 5.41) is 0.751. The van der Waals surface area contributed by atoms with Gasteiger partial charge >= 0.3 is 5.97 Å². The van der Waals surface area contributed by atoms with E-state index < -0.39 is 5.97 Å². The molecular formula is C20H19N3O4S. The van der Waals surface area contributed by atoms with Gasteiger partial charge in [0.2, 0.25) is 5.91 Å². The Morgan fingerprint density at radius 2 is 1.86 bits per heavy atom. The maximum absolute atomic E-state index is 13.2. The highest BCUT2D eigenvalue weighted by atomic mass is 32.2. The van der Waals surface area contributed by atoms with Crippen molar-refractivity contribution in [3.8, 4) is 5.69 Å². The van der Waals surface area contributed by atoms with E-state index in [1.54, 1.807) is 32.3 Å². The van der Waals surface area contributed by atoms with Crippen molar-refractivity contribution in [3.05, 3.63) is 64.4 Å². The highest BCUT2D eigenvalue weighted by Crippen LogP contribution is 2.22. The Hall–Kier alpha value is -3.13. The molecule has 0 N–H and O–H groups in total.